The van der Waals surface area contributed by atoms with Gasteiger partial charge < -0.3 is 15.2 Å². The summed E-state index contributed by atoms with van der Waals surface area (Å²) in [5, 5.41) is 13.1. The van der Waals surface area contributed by atoms with Crippen LogP contribution in [0.1, 0.15) is 0 Å². The fourth-order valence-corrected chi connectivity index (χ4v) is 3.01. The van der Waals surface area contributed by atoms with Gasteiger partial charge in [-0.25, -0.2) is 14.4 Å². The summed E-state index contributed by atoms with van der Waals surface area (Å²) in [6.07, 6.45) is 0.679. The first-order valence-electron chi connectivity index (χ1n) is 7.11. The number of pyridine rings is 1. The minimum Gasteiger partial charge on any atom is -0.491 e. The molecule has 0 amide bonds. The third kappa shape index (κ3) is 3.57. The molecule has 1 atom stereocenters. The highest BCUT2D eigenvalue weighted by atomic mass is 32.1. The first-order chi connectivity index (χ1) is 11.2. The molecule has 0 aliphatic carbocycles. The van der Waals surface area contributed by atoms with Gasteiger partial charge in [-0.05, 0) is 30.3 Å². The zero-order chi connectivity index (χ0) is 16.2. The number of rotatable bonds is 6. The van der Waals surface area contributed by atoms with Crippen molar-refractivity contribution >= 4 is 27.4 Å². The summed E-state index contributed by atoms with van der Waals surface area (Å²) < 4.78 is 18.6. The largest absolute Gasteiger partial charge is 0.491 e. The van der Waals surface area contributed by atoms with Gasteiger partial charge in [-0.1, -0.05) is 0 Å². The van der Waals surface area contributed by atoms with Gasteiger partial charge >= 0.3 is 0 Å². The van der Waals surface area contributed by atoms with Gasteiger partial charge in [-0.2, -0.15) is 0 Å². The Bertz CT molecular complexity index is 792. The molecule has 2 aromatic heterocycles. The Kier molecular flexibility index (Phi) is 4.68. The van der Waals surface area contributed by atoms with Crippen molar-refractivity contribution in [3.63, 3.8) is 0 Å². The van der Waals surface area contributed by atoms with Crippen LogP contribution >= 0.6 is 11.3 Å². The van der Waals surface area contributed by atoms with E-state index in [0.29, 0.717) is 5.75 Å². The molecule has 0 spiro atoms. The molecule has 120 valence electrons. The number of fused-ring (bicyclic) bond motifs is 1. The van der Waals surface area contributed by atoms with Crippen molar-refractivity contribution in [1.29, 1.82) is 0 Å². The van der Waals surface area contributed by atoms with Crippen LogP contribution in [0.2, 0.25) is 0 Å². The number of aliphatic hydroxyl groups is 1. The van der Waals surface area contributed by atoms with E-state index in [-0.39, 0.29) is 6.61 Å². The van der Waals surface area contributed by atoms with E-state index in [1.54, 1.807) is 12.3 Å². The van der Waals surface area contributed by atoms with Crippen molar-refractivity contribution in [3.8, 4) is 16.3 Å². The Labute approximate surface area is 136 Å². The maximum atomic E-state index is 12.2. The molecule has 0 saturated heterocycles. The molecule has 0 fully saturated rings. The summed E-state index contributed by atoms with van der Waals surface area (Å²) in [5.74, 6) is 1.39. The number of benzene rings is 1. The van der Waals surface area contributed by atoms with Crippen LogP contribution in [0.3, 0.4) is 0 Å². The molecule has 2 heterocycles. The number of aliphatic hydroxyl groups excluding tert-OH is 1. The molecule has 0 radical (unpaired) electrons. The number of hydrogen-bond acceptors (Lipinski definition) is 6. The predicted octanol–water partition coefficient (Wildman–Crippen LogP) is 3.11. The van der Waals surface area contributed by atoms with E-state index >= 15 is 0 Å². The molecule has 3 rings (SSSR count). The highest BCUT2D eigenvalue weighted by Gasteiger charge is 2.09. The van der Waals surface area contributed by atoms with E-state index in [1.165, 1.54) is 11.3 Å². The Hall–Kier alpha value is -2.25. The second-order valence-corrected chi connectivity index (χ2v) is 5.98. The Balaban J connectivity index is 1.83. The molecule has 0 saturated carbocycles. The summed E-state index contributed by atoms with van der Waals surface area (Å²) in [6.45, 7) is -0.883. The summed E-state index contributed by atoms with van der Waals surface area (Å²) in [7, 11) is 1.82. The lowest BCUT2D eigenvalue weighted by atomic mass is 10.3. The lowest BCUT2D eigenvalue weighted by Gasteiger charge is -2.08. The quantitative estimate of drug-likeness (QED) is 0.725. The number of anilines is 1. The molecule has 0 aliphatic rings. The maximum absolute atomic E-state index is 12.2. The Morgan fingerprint density at radius 1 is 1.35 bits per heavy atom. The lowest BCUT2D eigenvalue weighted by molar-refractivity contribution is 0.0842. The molecule has 5 nitrogen and oxygen atoms in total. The van der Waals surface area contributed by atoms with Gasteiger partial charge in [0.15, 0.2) is 0 Å². The number of hydrogen-bond donors (Lipinski definition) is 2. The first kappa shape index (κ1) is 15.6. The molecule has 0 bridgehead atoms. The van der Waals surface area contributed by atoms with Crippen LogP contribution in [0, 0.1) is 0 Å². The smallest absolute Gasteiger partial charge is 0.126 e. The molecule has 1 aromatic carbocycles. The number of aromatic nitrogens is 2. The van der Waals surface area contributed by atoms with Gasteiger partial charge in [0.25, 0.3) is 0 Å². The van der Waals surface area contributed by atoms with Gasteiger partial charge in [0.2, 0.25) is 0 Å². The standard InChI is InChI=1S/C16H16FN3O2S/c1-18-15-5-2-10(8-19-15)16-20-13-4-3-12(6-14(13)23-16)22-9-11(21)7-17/h2-6,8,11,21H,7,9H2,1H3,(H,18,19)/t11-/m1/s1. The van der Waals surface area contributed by atoms with Crippen LogP contribution in [-0.4, -0.2) is 41.5 Å². The number of nitrogens with zero attached hydrogens (tertiary/aromatic N) is 2. The number of alkyl halides is 1. The Morgan fingerprint density at radius 3 is 2.91 bits per heavy atom. The van der Waals surface area contributed by atoms with Crippen molar-refractivity contribution < 1.29 is 14.2 Å². The zero-order valence-electron chi connectivity index (χ0n) is 12.5. The maximum Gasteiger partial charge on any atom is 0.126 e. The van der Waals surface area contributed by atoms with Gasteiger partial charge in [0.1, 0.15) is 36.0 Å². The molecule has 7 heteroatoms. The van der Waals surface area contributed by atoms with E-state index in [2.05, 4.69) is 15.3 Å². The van der Waals surface area contributed by atoms with Gasteiger partial charge in [-0.15, -0.1) is 11.3 Å². The minimum atomic E-state index is -1.10. The first-order valence-corrected chi connectivity index (χ1v) is 7.93. The van der Waals surface area contributed by atoms with E-state index in [0.717, 1.165) is 26.6 Å². The van der Waals surface area contributed by atoms with E-state index in [1.807, 2.05) is 31.3 Å². The van der Waals surface area contributed by atoms with Gasteiger partial charge in [0.05, 0.1) is 10.2 Å². The van der Waals surface area contributed by atoms with Crippen LogP contribution < -0.4 is 10.1 Å². The van der Waals surface area contributed by atoms with Crippen molar-refractivity contribution in [2.45, 2.75) is 6.10 Å². The summed E-state index contributed by atoms with van der Waals surface area (Å²) in [5.41, 5.74) is 1.81. The normalized spacial score (nSPS) is 12.3. The molecule has 2 N–H and O–H groups in total. The van der Waals surface area contributed by atoms with Crippen molar-refractivity contribution in [2.24, 2.45) is 0 Å². The van der Waals surface area contributed by atoms with E-state index in [9.17, 15) is 9.50 Å². The zero-order valence-corrected chi connectivity index (χ0v) is 13.3. The van der Waals surface area contributed by atoms with Crippen LogP contribution in [-0.2, 0) is 0 Å². The van der Waals surface area contributed by atoms with E-state index < -0.39 is 12.8 Å². The second-order valence-electron chi connectivity index (χ2n) is 4.95. The molecule has 23 heavy (non-hydrogen) atoms. The number of thiazole rings is 1. The molecular formula is C16H16FN3O2S. The molecule has 0 aliphatic heterocycles. The van der Waals surface area contributed by atoms with Crippen LogP contribution in [0.4, 0.5) is 10.2 Å². The van der Waals surface area contributed by atoms with Gasteiger partial charge in [-0.3, -0.25) is 0 Å². The highest BCUT2D eigenvalue weighted by Crippen LogP contribution is 2.32. The average molecular weight is 333 g/mol. The number of halogens is 1. The predicted molar refractivity (Wildman–Crippen MR) is 89.9 cm³/mol. The van der Waals surface area contributed by atoms with Crippen molar-refractivity contribution in [1.82, 2.24) is 9.97 Å². The third-order valence-electron chi connectivity index (χ3n) is 3.25. The summed E-state index contributed by atoms with van der Waals surface area (Å²) in [4.78, 5) is 8.87. The van der Waals surface area contributed by atoms with Crippen molar-refractivity contribution in [2.75, 3.05) is 25.6 Å². The summed E-state index contributed by atoms with van der Waals surface area (Å²) >= 11 is 1.53. The fraction of sp³-hybridized carbons (Fsp3) is 0.250. The molecular weight excluding hydrogens is 317 g/mol. The number of ether oxygens (including phenoxy) is 1. The van der Waals surface area contributed by atoms with Gasteiger partial charge in [0, 0.05) is 18.8 Å². The van der Waals surface area contributed by atoms with Crippen LogP contribution in [0.5, 0.6) is 5.75 Å². The highest BCUT2D eigenvalue weighted by molar-refractivity contribution is 7.21. The fourth-order valence-electron chi connectivity index (χ4n) is 2.02. The number of nitrogens with one attached hydrogen (secondary N) is 1. The Morgan fingerprint density at radius 2 is 2.22 bits per heavy atom. The average Bonchev–Trinajstić information content (AvgIpc) is 3.03. The molecule has 0 unspecified atom stereocenters. The van der Waals surface area contributed by atoms with Crippen molar-refractivity contribution in [3.05, 3.63) is 36.5 Å². The monoisotopic (exact) mass is 333 g/mol. The van der Waals surface area contributed by atoms with Crippen LogP contribution in [0.25, 0.3) is 20.8 Å². The molecule has 3 aromatic rings. The lowest BCUT2D eigenvalue weighted by Crippen LogP contribution is -2.19. The van der Waals surface area contributed by atoms with Crippen LogP contribution in [0.15, 0.2) is 36.5 Å². The summed E-state index contributed by atoms with van der Waals surface area (Å²) in [6, 6.07) is 9.32. The third-order valence-corrected chi connectivity index (χ3v) is 4.31. The minimum absolute atomic E-state index is 0.0664. The SMILES string of the molecule is CNc1ccc(-c2nc3ccc(OC[C@H](O)CF)cc3s2)cn1. The van der Waals surface area contributed by atoms with E-state index in [4.69, 9.17) is 4.74 Å². The topological polar surface area (TPSA) is 67.3 Å². The second kappa shape index (κ2) is 6.89.